The number of furan rings is 1. The van der Waals surface area contributed by atoms with E-state index in [-0.39, 0.29) is 5.91 Å². The highest BCUT2D eigenvalue weighted by molar-refractivity contribution is 5.94. The van der Waals surface area contributed by atoms with Crippen LogP contribution in [-0.4, -0.2) is 31.8 Å². The van der Waals surface area contributed by atoms with Crippen LogP contribution in [0.4, 0.5) is 5.88 Å². The third-order valence-corrected chi connectivity index (χ3v) is 6.27. The SMILES string of the molecule is CCCCCCCCCCOc1ccc(C(=O)N/N=C/c2ccc(N3CCCCCC3)o2)cc1. The number of ether oxygens (including phenoxy) is 1. The average molecular weight is 468 g/mol. The van der Waals surface area contributed by atoms with Crippen molar-refractivity contribution in [1.82, 2.24) is 5.43 Å². The molecule has 186 valence electrons. The third kappa shape index (κ3) is 9.24. The predicted molar refractivity (Wildman–Crippen MR) is 139 cm³/mol. The summed E-state index contributed by atoms with van der Waals surface area (Å²) in [4.78, 5) is 14.6. The largest absolute Gasteiger partial charge is 0.494 e. The number of amides is 1. The van der Waals surface area contributed by atoms with Crippen molar-refractivity contribution >= 4 is 18.0 Å². The van der Waals surface area contributed by atoms with Crippen molar-refractivity contribution in [2.45, 2.75) is 84.0 Å². The topological polar surface area (TPSA) is 67.1 Å². The molecule has 0 aliphatic carbocycles. The number of hydrogen-bond acceptors (Lipinski definition) is 5. The Bertz CT molecular complexity index is 852. The summed E-state index contributed by atoms with van der Waals surface area (Å²) in [5.41, 5.74) is 3.11. The van der Waals surface area contributed by atoms with Gasteiger partial charge in [-0.25, -0.2) is 5.43 Å². The molecule has 1 aliphatic rings. The van der Waals surface area contributed by atoms with Crippen LogP contribution in [0.25, 0.3) is 0 Å². The molecule has 1 amide bonds. The van der Waals surface area contributed by atoms with E-state index >= 15 is 0 Å². The number of nitrogens with one attached hydrogen (secondary N) is 1. The average Bonchev–Trinajstić information content (AvgIpc) is 3.16. The molecule has 0 bridgehead atoms. The van der Waals surface area contributed by atoms with Crippen molar-refractivity contribution in [1.29, 1.82) is 0 Å². The number of unbranched alkanes of at least 4 members (excludes halogenated alkanes) is 7. The lowest BCUT2D eigenvalue weighted by Gasteiger charge is -2.18. The molecule has 0 atom stereocenters. The Hall–Kier alpha value is -2.76. The van der Waals surface area contributed by atoms with Crippen LogP contribution in [0.15, 0.2) is 45.9 Å². The fraction of sp³-hybridized carbons (Fsp3) is 0.571. The van der Waals surface area contributed by atoms with Crippen molar-refractivity contribution in [3.8, 4) is 5.75 Å². The number of carbonyl (C=O) groups excluding carboxylic acids is 1. The summed E-state index contributed by atoms with van der Waals surface area (Å²) in [5.74, 6) is 2.03. The van der Waals surface area contributed by atoms with Gasteiger partial charge < -0.3 is 14.1 Å². The van der Waals surface area contributed by atoms with Gasteiger partial charge in [0.05, 0.1) is 12.8 Å². The van der Waals surface area contributed by atoms with Gasteiger partial charge in [0, 0.05) is 24.7 Å². The summed E-state index contributed by atoms with van der Waals surface area (Å²) in [6, 6.07) is 11.1. The highest BCUT2D eigenvalue weighted by Gasteiger charge is 2.13. The first-order valence-electron chi connectivity index (χ1n) is 13.2. The van der Waals surface area contributed by atoms with E-state index < -0.39 is 0 Å². The predicted octanol–water partition coefficient (Wildman–Crippen LogP) is 6.94. The molecule has 34 heavy (non-hydrogen) atoms. The van der Waals surface area contributed by atoms with Crippen molar-refractivity contribution in [2.24, 2.45) is 5.10 Å². The number of anilines is 1. The van der Waals surface area contributed by atoms with E-state index in [1.165, 1.54) is 70.6 Å². The molecule has 2 aromatic rings. The van der Waals surface area contributed by atoms with Crippen LogP contribution in [0.1, 0.15) is 100 Å². The standard InChI is InChI=1S/C28H41N3O3/c1-2-3-4-5-6-7-10-13-22-33-25-16-14-24(15-17-25)28(32)30-29-23-26-18-19-27(34-26)31-20-11-8-9-12-21-31/h14-19,23H,2-13,20-22H2,1H3,(H,30,32)/b29-23+. The molecule has 0 spiro atoms. The van der Waals surface area contributed by atoms with E-state index in [2.05, 4.69) is 22.4 Å². The second-order valence-electron chi connectivity index (χ2n) is 9.12. The monoisotopic (exact) mass is 467 g/mol. The number of nitrogens with zero attached hydrogens (tertiary/aromatic N) is 2. The van der Waals surface area contributed by atoms with Crippen molar-refractivity contribution in [2.75, 3.05) is 24.6 Å². The summed E-state index contributed by atoms with van der Waals surface area (Å²) in [5, 5.41) is 4.05. The first-order valence-corrected chi connectivity index (χ1v) is 13.2. The minimum atomic E-state index is -0.259. The zero-order chi connectivity index (χ0) is 23.8. The summed E-state index contributed by atoms with van der Waals surface area (Å²) < 4.78 is 11.7. The van der Waals surface area contributed by atoms with Gasteiger partial charge in [-0.05, 0) is 49.6 Å². The molecule has 1 N–H and O–H groups in total. The first-order chi connectivity index (χ1) is 16.8. The molecule has 1 aromatic heterocycles. The van der Waals surface area contributed by atoms with Crippen LogP contribution in [0.2, 0.25) is 0 Å². The van der Waals surface area contributed by atoms with E-state index in [0.29, 0.717) is 17.9 Å². The van der Waals surface area contributed by atoms with Gasteiger partial charge in [0.15, 0.2) is 5.88 Å². The van der Waals surface area contributed by atoms with Gasteiger partial charge in [-0.3, -0.25) is 4.79 Å². The summed E-state index contributed by atoms with van der Waals surface area (Å²) in [6.45, 7) is 5.02. The zero-order valence-electron chi connectivity index (χ0n) is 20.8. The summed E-state index contributed by atoms with van der Waals surface area (Å²) >= 11 is 0. The fourth-order valence-corrected chi connectivity index (χ4v) is 4.22. The molecule has 0 saturated carbocycles. The van der Waals surface area contributed by atoms with Crippen LogP contribution in [0.5, 0.6) is 5.75 Å². The second kappa shape index (κ2) is 15.2. The van der Waals surface area contributed by atoms with E-state index in [4.69, 9.17) is 9.15 Å². The molecule has 6 heteroatoms. The smallest absolute Gasteiger partial charge is 0.271 e. The van der Waals surface area contributed by atoms with Crippen molar-refractivity contribution in [3.05, 3.63) is 47.7 Å². The highest BCUT2D eigenvalue weighted by atomic mass is 16.5. The lowest BCUT2D eigenvalue weighted by atomic mass is 10.1. The van der Waals surface area contributed by atoms with Crippen LogP contribution >= 0.6 is 0 Å². The van der Waals surface area contributed by atoms with E-state index in [9.17, 15) is 4.79 Å². The molecule has 1 fully saturated rings. The Morgan fingerprint density at radius 1 is 0.941 bits per heavy atom. The second-order valence-corrected chi connectivity index (χ2v) is 9.12. The van der Waals surface area contributed by atoms with E-state index in [1.807, 2.05) is 24.3 Å². The van der Waals surface area contributed by atoms with Gasteiger partial charge in [-0.15, -0.1) is 0 Å². The molecule has 2 heterocycles. The van der Waals surface area contributed by atoms with Crippen LogP contribution in [0, 0.1) is 0 Å². The molecule has 1 aliphatic heterocycles. The number of hydrazone groups is 1. The van der Waals surface area contributed by atoms with Gasteiger partial charge in [-0.1, -0.05) is 64.7 Å². The van der Waals surface area contributed by atoms with Crippen LogP contribution in [0.3, 0.4) is 0 Å². The van der Waals surface area contributed by atoms with Gasteiger partial charge >= 0.3 is 0 Å². The van der Waals surface area contributed by atoms with Gasteiger partial charge in [0.1, 0.15) is 11.5 Å². The molecule has 1 aromatic carbocycles. The Morgan fingerprint density at radius 3 is 2.32 bits per heavy atom. The lowest BCUT2D eigenvalue weighted by molar-refractivity contribution is 0.0955. The zero-order valence-corrected chi connectivity index (χ0v) is 20.8. The molecule has 6 nitrogen and oxygen atoms in total. The van der Waals surface area contributed by atoms with Crippen molar-refractivity contribution < 1.29 is 13.9 Å². The lowest BCUT2D eigenvalue weighted by Crippen LogP contribution is -2.23. The maximum absolute atomic E-state index is 12.4. The molecular formula is C28H41N3O3. The quantitative estimate of drug-likeness (QED) is 0.186. The minimum Gasteiger partial charge on any atom is -0.494 e. The Kier molecular flexibility index (Phi) is 11.6. The summed E-state index contributed by atoms with van der Waals surface area (Å²) in [6.07, 6.45) is 16.7. The maximum atomic E-state index is 12.4. The molecular weight excluding hydrogens is 426 g/mol. The molecule has 1 saturated heterocycles. The van der Waals surface area contributed by atoms with Gasteiger partial charge in [0.25, 0.3) is 5.91 Å². The normalized spacial score (nSPS) is 14.3. The van der Waals surface area contributed by atoms with Gasteiger partial charge in [0.2, 0.25) is 0 Å². The maximum Gasteiger partial charge on any atom is 0.271 e. The third-order valence-electron chi connectivity index (χ3n) is 6.27. The van der Waals surface area contributed by atoms with Crippen LogP contribution in [-0.2, 0) is 0 Å². The van der Waals surface area contributed by atoms with Crippen LogP contribution < -0.4 is 15.1 Å². The molecule has 0 radical (unpaired) electrons. The number of rotatable bonds is 14. The fourth-order valence-electron chi connectivity index (χ4n) is 4.22. The van der Waals surface area contributed by atoms with Crippen molar-refractivity contribution in [3.63, 3.8) is 0 Å². The van der Waals surface area contributed by atoms with E-state index in [1.54, 1.807) is 18.3 Å². The van der Waals surface area contributed by atoms with Gasteiger partial charge in [-0.2, -0.15) is 5.10 Å². The molecule has 3 rings (SSSR count). The Balaban J connectivity index is 1.33. The Labute approximate surface area is 204 Å². The van der Waals surface area contributed by atoms with E-state index in [0.717, 1.165) is 31.1 Å². The Morgan fingerprint density at radius 2 is 1.62 bits per heavy atom. The first kappa shape index (κ1) is 25.9. The number of carbonyl (C=O) groups is 1. The molecule has 0 unspecified atom stereocenters. The highest BCUT2D eigenvalue weighted by Crippen LogP contribution is 2.21. The number of hydrogen-bond donors (Lipinski definition) is 1. The summed E-state index contributed by atoms with van der Waals surface area (Å²) in [7, 11) is 0. The minimum absolute atomic E-state index is 0.259. The number of benzene rings is 1.